The van der Waals surface area contributed by atoms with E-state index in [4.69, 9.17) is 10.2 Å². The lowest BCUT2D eigenvalue weighted by Crippen LogP contribution is -2.40. The summed E-state index contributed by atoms with van der Waals surface area (Å²) in [4.78, 5) is 0. The highest BCUT2D eigenvalue weighted by Gasteiger charge is 2.21. The van der Waals surface area contributed by atoms with Crippen molar-refractivity contribution in [2.75, 3.05) is 14.1 Å². The first-order valence-corrected chi connectivity index (χ1v) is 15.5. The highest BCUT2D eigenvalue weighted by Crippen LogP contribution is 2.13. The van der Waals surface area contributed by atoms with Gasteiger partial charge in [-0.2, -0.15) is 10.2 Å². The van der Waals surface area contributed by atoms with Crippen molar-refractivity contribution in [2.24, 2.45) is 10.2 Å². The molecule has 24 heavy (non-hydrogen) atoms. The Bertz CT molecular complexity index is 583. The molecular weight excluding hydrogens is 328 g/mol. The third-order valence-electron chi connectivity index (χ3n) is 4.06. The van der Waals surface area contributed by atoms with Gasteiger partial charge in [0.1, 0.15) is 0 Å². The maximum atomic E-state index is 4.95. The molecule has 0 saturated heterocycles. The van der Waals surface area contributed by atoms with Gasteiger partial charge in [0.2, 0.25) is 0 Å². The number of hydrogen-bond acceptors (Lipinski definition) is 4. The molecule has 4 nitrogen and oxygen atoms in total. The molecule has 0 aliphatic rings. The molecule has 0 amide bonds. The Hall–Kier alpha value is -1.41. The molecule has 1 aromatic rings. The fourth-order valence-electron chi connectivity index (χ4n) is 1.84. The number of hydrogen-bond donors (Lipinski definition) is 0. The van der Waals surface area contributed by atoms with Crippen LogP contribution in [0, 0.1) is 0 Å². The lowest BCUT2D eigenvalue weighted by molar-refractivity contribution is 0.543. The van der Waals surface area contributed by atoms with Crippen LogP contribution in [-0.4, -0.2) is 51.3 Å². The molecule has 0 bridgehead atoms. The lowest BCUT2D eigenvalue weighted by atomic mass is 10.1. The third kappa shape index (κ3) is 6.61. The summed E-state index contributed by atoms with van der Waals surface area (Å²) in [5.41, 5.74) is 3.37. The maximum Gasteiger partial charge on any atom is 0.168 e. The average molecular weight is 363 g/mol. The van der Waals surface area contributed by atoms with Crippen molar-refractivity contribution < 1.29 is 0 Å². The molecule has 0 unspecified atom stereocenters. The first-order valence-electron chi connectivity index (χ1n) is 8.56. The van der Waals surface area contributed by atoms with Crippen LogP contribution in [0.15, 0.2) is 40.5 Å². The number of hydrazone groups is 2. The molecule has 0 atom stereocenters. The molecule has 0 aliphatic carbocycles. The van der Waals surface area contributed by atoms with Crippen molar-refractivity contribution in [3.8, 4) is 0 Å². The van der Waals surface area contributed by atoms with Crippen LogP contribution in [0.5, 0.6) is 0 Å². The predicted octanol–water partition coefficient (Wildman–Crippen LogP) is 4.69. The Morgan fingerprint density at radius 3 is 1.75 bits per heavy atom. The van der Waals surface area contributed by atoms with Gasteiger partial charge in [0.25, 0.3) is 0 Å². The van der Waals surface area contributed by atoms with E-state index in [0.717, 1.165) is 17.8 Å². The van der Waals surface area contributed by atoms with Crippen molar-refractivity contribution >= 4 is 27.9 Å². The highest BCUT2D eigenvalue weighted by molar-refractivity contribution is 6.73. The Kier molecular flexibility index (Phi) is 6.98. The summed E-state index contributed by atoms with van der Waals surface area (Å²) in [7, 11) is 1.30. The summed E-state index contributed by atoms with van der Waals surface area (Å²) in [5, 5.41) is 9.76. The minimum absolute atomic E-state index is 0.771. The Labute approximate surface area is 150 Å². The molecule has 134 valence electrons. The second-order valence-electron chi connectivity index (χ2n) is 8.31. The summed E-state index contributed by atoms with van der Waals surface area (Å²) in [5.74, 6) is 0. The molecule has 0 saturated carbocycles. The quantitative estimate of drug-likeness (QED) is 0.400. The van der Waals surface area contributed by atoms with Crippen LogP contribution in [0.2, 0.25) is 39.3 Å². The molecule has 1 aromatic carbocycles. The van der Waals surface area contributed by atoms with E-state index in [1.54, 1.807) is 0 Å². The van der Waals surface area contributed by atoms with Gasteiger partial charge in [-0.05, 0) is 12.5 Å². The average Bonchev–Trinajstić information content (AvgIpc) is 2.45. The molecule has 0 aliphatic heterocycles. The topological polar surface area (TPSA) is 31.2 Å². The third-order valence-corrected chi connectivity index (χ3v) is 8.15. The van der Waals surface area contributed by atoms with Crippen LogP contribution in [0.4, 0.5) is 0 Å². The normalized spacial score (nSPS) is 13.9. The number of nitrogens with zero attached hydrogens (tertiary/aromatic N) is 4. The molecule has 1 rings (SSSR count). The van der Waals surface area contributed by atoms with Crippen LogP contribution in [0.3, 0.4) is 0 Å². The van der Waals surface area contributed by atoms with E-state index >= 15 is 0 Å². The van der Waals surface area contributed by atoms with Gasteiger partial charge in [0, 0.05) is 26.2 Å². The molecule has 0 N–H and O–H groups in total. The van der Waals surface area contributed by atoms with E-state index < -0.39 is 16.5 Å². The van der Waals surface area contributed by atoms with E-state index in [1.807, 2.05) is 6.07 Å². The molecule has 0 fully saturated rings. The first kappa shape index (κ1) is 20.6. The van der Waals surface area contributed by atoms with Crippen LogP contribution in [-0.2, 0) is 0 Å². The largest absolute Gasteiger partial charge is 0.328 e. The summed E-state index contributed by atoms with van der Waals surface area (Å²) < 4.78 is 4.33. The van der Waals surface area contributed by atoms with E-state index in [-0.39, 0.29) is 0 Å². The maximum absolute atomic E-state index is 4.95. The molecule has 6 heteroatoms. The second kappa shape index (κ2) is 8.11. The van der Waals surface area contributed by atoms with Gasteiger partial charge in [-0.3, -0.25) is 0 Å². The minimum Gasteiger partial charge on any atom is -0.328 e. The molecule has 0 heterocycles. The smallest absolute Gasteiger partial charge is 0.168 e. The van der Waals surface area contributed by atoms with Gasteiger partial charge < -0.3 is 9.35 Å². The van der Waals surface area contributed by atoms with Gasteiger partial charge in [-0.15, -0.1) is 0 Å². The lowest BCUT2D eigenvalue weighted by Gasteiger charge is -2.29. The number of rotatable bonds is 7. The Morgan fingerprint density at radius 2 is 1.29 bits per heavy atom. The second-order valence-corrected chi connectivity index (χ2v) is 18.3. The van der Waals surface area contributed by atoms with Crippen molar-refractivity contribution in [1.29, 1.82) is 0 Å². The van der Waals surface area contributed by atoms with Crippen LogP contribution >= 0.6 is 0 Å². The zero-order valence-corrected chi connectivity index (χ0v) is 18.9. The molecule has 0 aromatic heterocycles. The van der Waals surface area contributed by atoms with E-state index in [9.17, 15) is 0 Å². The van der Waals surface area contributed by atoms with E-state index in [1.165, 1.54) is 5.56 Å². The summed E-state index contributed by atoms with van der Waals surface area (Å²) in [6, 6.07) is 10.4. The standard InChI is InChI=1S/C18H34N4Si2/c1-16(19-21(2)23(4,5)6)15-18(17-13-11-10-12-14-17)20-22(3)24(7,8)9/h10-14H,15H2,1-9H3. The zero-order chi connectivity index (χ0) is 18.5. The Balaban J connectivity index is 3.12. The van der Waals surface area contributed by atoms with Gasteiger partial charge in [0.05, 0.1) is 5.71 Å². The predicted molar refractivity (Wildman–Crippen MR) is 113 cm³/mol. The van der Waals surface area contributed by atoms with Crippen molar-refractivity contribution in [2.45, 2.75) is 52.6 Å². The monoisotopic (exact) mass is 362 g/mol. The van der Waals surface area contributed by atoms with E-state index in [0.29, 0.717) is 0 Å². The van der Waals surface area contributed by atoms with Crippen LogP contribution < -0.4 is 0 Å². The highest BCUT2D eigenvalue weighted by atomic mass is 28.3. The summed E-state index contributed by atoms with van der Waals surface area (Å²) in [6.45, 7) is 15.9. The zero-order valence-electron chi connectivity index (χ0n) is 16.9. The summed E-state index contributed by atoms with van der Waals surface area (Å²) in [6.07, 6.45) is 0.771. The fraction of sp³-hybridized carbons (Fsp3) is 0.556. The fourth-order valence-corrected chi connectivity index (χ4v) is 2.73. The van der Waals surface area contributed by atoms with Crippen LogP contribution in [0.25, 0.3) is 0 Å². The minimum atomic E-state index is -1.47. The van der Waals surface area contributed by atoms with Gasteiger partial charge in [-0.25, -0.2) is 0 Å². The van der Waals surface area contributed by atoms with E-state index in [2.05, 4.69) is 93.9 Å². The van der Waals surface area contributed by atoms with Crippen molar-refractivity contribution in [3.63, 3.8) is 0 Å². The molecular formula is C18H34N4Si2. The van der Waals surface area contributed by atoms with Crippen molar-refractivity contribution in [3.05, 3.63) is 35.9 Å². The van der Waals surface area contributed by atoms with Gasteiger partial charge >= 0.3 is 0 Å². The van der Waals surface area contributed by atoms with Gasteiger partial charge in [0.15, 0.2) is 16.5 Å². The molecule has 0 spiro atoms. The van der Waals surface area contributed by atoms with Crippen LogP contribution in [0.1, 0.15) is 18.9 Å². The van der Waals surface area contributed by atoms with Crippen molar-refractivity contribution in [1.82, 2.24) is 9.35 Å². The first-order chi connectivity index (χ1) is 10.9. The van der Waals surface area contributed by atoms with Gasteiger partial charge in [-0.1, -0.05) is 69.6 Å². The Morgan fingerprint density at radius 1 is 0.833 bits per heavy atom. The summed E-state index contributed by atoms with van der Waals surface area (Å²) >= 11 is 0. The number of benzene rings is 1. The SMILES string of the molecule is CC(CC(=NN(C)[Si](C)(C)C)c1ccccc1)=NN(C)[Si](C)(C)C. The molecule has 0 radical (unpaired) electrons.